The van der Waals surface area contributed by atoms with E-state index in [0.29, 0.717) is 11.4 Å². The number of hydrogen-bond donors (Lipinski definition) is 1. The van der Waals surface area contributed by atoms with Crippen molar-refractivity contribution >= 4 is 18.1 Å². The lowest BCUT2D eigenvalue weighted by atomic mass is 9.91. The standard InChI is InChI=1S/C14H15N3O3/c1-14(2,3)12-10(17-8-20-12)5-4-9-6-11(13(18)19)16-7-15-9/h4-8H,1-3H3,(H,18,19)/b5-4+. The minimum Gasteiger partial charge on any atom is -0.477 e. The van der Waals surface area contributed by atoms with Crippen molar-refractivity contribution in [3.63, 3.8) is 0 Å². The minimum atomic E-state index is -1.08. The van der Waals surface area contributed by atoms with E-state index in [4.69, 9.17) is 9.52 Å². The van der Waals surface area contributed by atoms with E-state index in [1.165, 1.54) is 18.8 Å². The maximum Gasteiger partial charge on any atom is 0.354 e. The predicted octanol–water partition coefficient (Wildman–Crippen LogP) is 2.63. The Bertz CT molecular complexity index is 654. The summed E-state index contributed by atoms with van der Waals surface area (Å²) in [7, 11) is 0. The van der Waals surface area contributed by atoms with Gasteiger partial charge in [-0.3, -0.25) is 0 Å². The van der Waals surface area contributed by atoms with Crippen LogP contribution < -0.4 is 0 Å². The molecule has 0 atom stereocenters. The molecular formula is C14H15N3O3. The number of nitrogens with zero attached hydrogens (tertiary/aromatic N) is 3. The minimum absolute atomic E-state index is 0.0455. The molecule has 2 heterocycles. The van der Waals surface area contributed by atoms with Gasteiger partial charge in [-0.2, -0.15) is 0 Å². The highest BCUT2D eigenvalue weighted by Crippen LogP contribution is 2.26. The van der Waals surface area contributed by atoms with Crippen molar-refractivity contribution in [3.8, 4) is 0 Å². The van der Waals surface area contributed by atoms with Crippen molar-refractivity contribution in [3.05, 3.63) is 41.6 Å². The van der Waals surface area contributed by atoms with Crippen molar-refractivity contribution in [2.75, 3.05) is 0 Å². The van der Waals surface area contributed by atoms with Gasteiger partial charge in [-0.15, -0.1) is 0 Å². The second-order valence-electron chi connectivity index (χ2n) is 5.28. The molecule has 1 N–H and O–H groups in total. The number of aromatic nitrogens is 3. The third-order valence-corrected chi connectivity index (χ3v) is 2.60. The van der Waals surface area contributed by atoms with Crippen LogP contribution in [0.5, 0.6) is 0 Å². The summed E-state index contributed by atoms with van der Waals surface area (Å²) in [4.78, 5) is 22.6. The third-order valence-electron chi connectivity index (χ3n) is 2.60. The number of rotatable bonds is 3. The van der Waals surface area contributed by atoms with E-state index < -0.39 is 5.97 Å². The van der Waals surface area contributed by atoms with Crippen molar-refractivity contribution in [1.29, 1.82) is 0 Å². The average molecular weight is 273 g/mol. The maximum atomic E-state index is 10.8. The van der Waals surface area contributed by atoms with Gasteiger partial charge >= 0.3 is 5.97 Å². The van der Waals surface area contributed by atoms with E-state index in [1.54, 1.807) is 12.2 Å². The summed E-state index contributed by atoms with van der Waals surface area (Å²) >= 11 is 0. The van der Waals surface area contributed by atoms with Crippen LogP contribution in [-0.2, 0) is 5.41 Å². The van der Waals surface area contributed by atoms with Crippen LogP contribution in [0.1, 0.15) is 48.4 Å². The van der Waals surface area contributed by atoms with Crippen LogP contribution >= 0.6 is 0 Å². The third kappa shape index (κ3) is 3.09. The van der Waals surface area contributed by atoms with Crippen LogP contribution in [0.15, 0.2) is 23.2 Å². The highest BCUT2D eigenvalue weighted by molar-refractivity contribution is 5.86. The molecule has 0 aliphatic carbocycles. The molecule has 0 amide bonds. The zero-order valence-electron chi connectivity index (χ0n) is 11.5. The Morgan fingerprint density at radius 2 is 2.00 bits per heavy atom. The van der Waals surface area contributed by atoms with E-state index in [2.05, 4.69) is 15.0 Å². The van der Waals surface area contributed by atoms with Gasteiger partial charge in [-0.25, -0.2) is 19.7 Å². The summed E-state index contributed by atoms with van der Waals surface area (Å²) in [5.74, 6) is -0.319. The lowest BCUT2D eigenvalue weighted by Gasteiger charge is -2.14. The lowest BCUT2D eigenvalue weighted by molar-refractivity contribution is 0.0690. The molecule has 0 fully saturated rings. The van der Waals surface area contributed by atoms with Crippen LogP contribution in [0.4, 0.5) is 0 Å². The van der Waals surface area contributed by atoms with Crippen LogP contribution in [-0.4, -0.2) is 26.0 Å². The largest absolute Gasteiger partial charge is 0.477 e. The smallest absolute Gasteiger partial charge is 0.354 e. The Morgan fingerprint density at radius 1 is 1.25 bits per heavy atom. The van der Waals surface area contributed by atoms with E-state index in [0.717, 1.165) is 5.76 Å². The van der Waals surface area contributed by atoms with Crippen molar-refractivity contribution < 1.29 is 14.3 Å². The zero-order valence-corrected chi connectivity index (χ0v) is 11.5. The first kappa shape index (κ1) is 13.9. The summed E-state index contributed by atoms with van der Waals surface area (Å²) in [5.41, 5.74) is 0.998. The zero-order chi connectivity index (χ0) is 14.8. The Labute approximate surface area is 116 Å². The van der Waals surface area contributed by atoms with Crippen LogP contribution in [0.3, 0.4) is 0 Å². The fourth-order valence-corrected chi connectivity index (χ4v) is 1.68. The first-order valence-electron chi connectivity index (χ1n) is 6.05. The molecule has 2 rings (SSSR count). The SMILES string of the molecule is CC(C)(C)c1ocnc1/C=C/c1cc(C(=O)O)ncn1. The fourth-order valence-electron chi connectivity index (χ4n) is 1.68. The number of hydrogen-bond acceptors (Lipinski definition) is 5. The quantitative estimate of drug-likeness (QED) is 0.924. The van der Waals surface area contributed by atoms with Gasteiger partial charge in [0.2, 0.25) is 0 Å². The summed E-state index contributed by atoms with van der Waals surface area (Å²) in [5, 5.41) is 8.87. The molecule has 0 saturated carbocycles. The molecular weight excluding hydrogens is 258 g/mol. The Kier molecular flexibility index (Phi) is 3.65. The molecule has 104 valence electrons. The first-order valence-corrected chi connectivity index (χ1v) is 6.05. The number of carboxylic acid groups (broad SMARTS) is 1. The van der Waals surface area contributed by atoms with E-state index in [-0.39, 0.29) is 11.1 Å². The highest BCUT2D eigenvalue weighted by Gasteiger charge is 2.21. The Morgan fingerprint density at radius 3 is 2.65 bits per heavy atom. The topological polar surface area (TPSA) is 89.1 Å². The van der Waals surface area contributed by atoms with E-state index in [1.807, 2.05) is 20.8 Å². The highest BCUT2D eigenvalue weighted by atomic mass is 16.4. The number of aromatic carboxylic acids is 1. The van der Waals surface area contributed by atoms with Gasteiger partial charge in [0.15, 0.2) is 12.1 Å². The summed E-state index contributed by atoms with van der Waals surface area (Å²) in [6, 6.07) is 1.40. The molecule has 0 radical (unpaired) electrons. The monoisotopic (exact) mass is 273 g/mol. The predicted molar refractivity (Wildman–Crippen MR) is 73.1 cm³/mol. The van der Waals surface area contributed by atoms with Crippen LogP contribution in [0.25, 0.3) is 12.2 Å². The number of oxazole rings is 1. The van der Waals surface area contributed by atoms with Gasteiger partial charge in [0, 0.05) is 5.41 Å². The van der Waals surface area contributed by atoms with E-state index in [9.17, 15) is 4.79 Å². The summed E-state index contributed by atoms with van der Waals surface area (Å²) in [6.45, 7) is 6.08. The lowest BCUT2D eigenvalue weighted by Crippen LogP contribution is -2.11. The molecule has 0 unspecified atom stereocenters. The number of carbonyl (C=O) groups is 1. The van der Waals surface area contributed by atoms with Gasteiger partial charge in [-0.1, -0.05) is 20.8 Å². The van der Waals surface area contributed by atoms with Crippen molar-refractivity contribution in [1.82, 2.24) is 15.0 Å². The average Bonchev–Trinajstić information content (AvgIpc) is 2.85. The van der Waals surface area contributed by atoms with E-state index >= 15 is 0 Å². The molecule has 0 saturated heterocycles. The molecule has 2 aromatic heterocycles. The molecule has 2 aromatic rings. The molecule has 20 heavy (non-hydrogen) atoms. The van der Waals surface area contributed by atoms with Gasteiger partial charge in [0.25, 0.3) is 0 Å². The Balaban J connectivity index is 2.28. The molecule has 0 bridgehead atoms. The maximum absolute atomic E-state index is 10.8. The first-order chi connectivity index (χ1) is 9.38. The number of carboxylic acids is 1. The van der Waals surface area contributed by atoms with Crippen LogP contribution in [0, 0.1) is 0 Å². The molecule has 6 heteroatoms. The van der Waals surface area contributed by atoms with Gasteiger partial charge in [0.05, 0.1) is 5.69 Å². The summed E-state index contributed by atoms with van der Waals surface area (Å²) in [6.07, 6.45) is 6.04. The fraction of sp³-hybridized carbons (Fsp3) is 0.286. The van der Waals surface area contributed by atoms with Gasteiger partial charge in [-0.05, 0) is 18.2 Å². The van der Waals surface area contributed by atoms with Crippen molar-refractivity contribution in [2.45, 2.75) is 26.2 Å². The van der Waals surface area contributed by atoms with Crippen molar-refractivity contribution in [2.24, 2.45) is 0 Å². The molecule has 0 aliphatic rings. The molecule has 0 aliphatic heterocycles. The van der Waals surface area contributed by atoms with Crippen LogP contribution in [0.2, 0.25) is 0 Å². The molecule has 0 aromatic carbocycles. The molecule has 6 nitrogen and oxygen atoms in total. The summed E-state index contributed by atoms with van der Waals surface area (Å²) < 4.78 is 5.39. The second-order valence-corrected chi connectivity index (χ2v) is 5.28. The van der Waals surface area contributed by atoms with Gasteiger partial charge < -0.3 is 9.52 Å². The molecule has 0 spiro atoms. The normalized spacial score (nSPS) is 11.9. The Hall–Kier alpha value is -2.50. The second kappa shape index (κ2) is 5.24. The van der Waals surface area contributed by atoms with Gasteiger partial charge in [0.1, 0.15) is 17.8 Å².